The Morgan fingerprint density at radius 3 is 2.39 bits per heavy atom. The van der Waals surface area contributed by atoms with E-state index in [1.807, 2.05) is 13.0 Å². The lowest BCUT2D eigenvalue weighted by Gasteiger charge is -2.25. The smallest absolute Gasteiger partial charge is 0.260 e. The molecule has 0 saturated heterocycles. The quantitative estimate of drug-likeness (QED) is 0.851. The van der Waals surface area contributed by atoms with E-state index in [-0.39, 0.29) is 24.4 Å². The number of hydrogen-bond acceptors (Lipinski definition) is 3. The van der Waals surface area contributed by atoms with Gasteiger partial charge in [0.2, 0.25) is 0 Å². The maximum atomic E-state index is 13.0. The van der Waals surface area contributed by atoms with Crippen molar-refractivity contribution < 1.29 is 13.9 Å². The van der Waals surface area contributed by atoms with Gasteiger partial charge in [0.15, 0.2) is 6.61 Å². The Morgan fingerprint density at radius 2 is 1.83 bits per heavy atom. The molecule has 0 saturated carbocycles. The highest BCUT2D eigenvalue weighted by atomic mass is 19.1. The summed E-state index contributed by atoms with van der Waals surface area (Å²) in [7, 11) is 1.68. The number of amides is 1. The Labute approximate surface area is 134 Å². The molecule has 1 unspecified atom stereocenters. The minimum Gasteiger partial charge on any atom is -0.484 e. The molecule has 5 heteroatoms. The molecule has 1 atom stereocenters. The SMILES string of the molecule is CC(c1ccc(F)cc1)N(C)C(=O)COc1ccc(C#N)cc1. The Hall–Kier alpha value is -2.87. The van der Waals surface area contributed by atoms with Crippen molar-refractivity contribution in [3.8, 4) is 11.8 Å². The Bertz CT molecular complexity index is 705. The first kappa shape index (κ1) is 16.5. The highest BCUT2D eigenvalue weighted by Gasteiger charge is 2.17. The highest BCUT2D eigenvalue weighted by molar-refractivity contribution is 5.78. The lowest BCUT2D eigenvalue weighted by Crippen LogP contribution is -2.33. The maximum Gasteiger partial charge on any atom is 0.260 e. The van der Waals surface area contributed by atoms with Crippen LogP contribution in [-0.4, -0.2) is 24.5 Å². The zero-order chi connectivity index (χ0) is 16.8. The van der Waals surface area contributed by atoms with Gasteiger partial charge in [-0.05, 0) is 48.9 Å². The van der Waals surface area contributed by atoms with E-state index in [2.05, 4.69) is 0 Å². The molecular weight excluding hydrogens is 295 g/mol. The number of benzene rings is 2. The van der Waals surface area contributed by atoms with Crippen LogP contribution in [-0.2, 0) is 4.79 Å². The van der Waals surface area contributed by atoms with Crippen molar-refractivity contribution >= 4 is 5.91 Å². The molecule has 0 heterocycles. The monoisotopic (exact) mass is 312 g/mol. The van der Waals surface area contributed by atoms with Crippen LogP contribution in [0.25, 0.3) is 0 Å². The standard InChI is InChI=1S/C18H17FN2O2/c1-13(15-5-7-16(19)8-6-15)21(2)18(22)12-23-17-9-3-14(11-20)4-10-17/h3-10,13H,12H2,1-2H3. The molecule has 0 aliphatic carbocycles. The van der Waals surface area contributed by atoms with E-state index in [1.165, 1.54) is 12.1 Å². The van der Waals surface area contributed by atoms with Crippen molar-refractivity contribution in [1.29, 1.82) is 5.26 Å². The number of carbonyl (C=O) groups is 1. The second-order valence-electron chi connectivity index (χ2n) is 5.16. The average Bonchev–Trinajstić information content (AvgIpc) is 2.59. The summed E-state index contributed by atoms with van der Waals surface area (Å²) in [5.41, 5.74) is 1.38. The molecular formula is C18H17FN2O2. The number of hydrogen-bond donors (Lipinski definition) is 0. The van der Waals surface area contributed by atoms with Gasteiger partial charge in [-0.25, -0.2) is 4.39 Å². The molecule has 2 rings (SSSR count). The molecule has 0 aromatic heterocycles. The van der Waals surface area contributed by atoms with Crippen LogP contribution in [0.4, 0.5) is 4.39 Å². The van der Waals surface area contributed by atoms with Crippen molar-refractivity contribution in [2.45, 2.75) is 13.0 Å². The van der Waals surface area contributed by atoms with Crippen molar-refractivity contribution in [2.75, 3.05) is 13.7 Å². The van der Waals surface area contributed by atoms with Gasteiger partial charge in [-0.1, -0.05) is 12.1 Å². The zero-order valence-corrected chi connectivity index (χ0v) is 13.0. The highest BCUT2D eigenvalue weighted by Crippen LogP contribution is 2.19. The molecule has 1 amide bonds. The first-order valence-electron chi connectivity index (χ1n) is 7.15. The zero-order valence-electron chi connectivity index (χ0n) is 13.0. The van der Waals surface area contributed by atoms with Crippen molar-refractivity contribution in [2.24, 2.45) is 0 Å². The molecule has 0 bridgehead atoms. The van der Waals surface area contributed by atoms with E-state index in [0.29, 0.717) is 11.3 Å². The van der Waals surface area contributed by atoms with Crippen LogP contribution < -0.4 is 4.74 Å². The predicted octanol–water partition coefficient (Wildman–Crippen LogP) is 3.30. The van der Waals surface area contributed by atoms with E-state index >= 15 is 0 Å². The van der Waals surface area contributed by atoms with Gasteiger partial charge in [0.1, 0.15) is 11.6 Å². The maximum absolute atomic E-state index is 13.0. The van der Waals surface area contributed by atoms with Gasteiger partial charge >= 0.3 is 0 Å². The molecule has 0 fully saturated rings. The van der Waals surface area contributed by atoms with E-state index < -0.39 is 0 Å². The third-order valence-corrected chi connectivity index (χ3v) is 3.67. The minimum atomic E-state index is -0.306. The molecule has 0 aliphatic heterocycles. The predicted molar refractivity (Wildman–Crippen MR) is 84.2 cm³/mol. The van der Waals surface area contributed by atoms with Crippen LogP contribution >= 0.6 is 0 Å². The van der Waals surface area contributed by atoms with Crippen LogP contribution in [0.5, 0.6) is 5.75 Å². The molecule has 23 heavy (non-hydrogen) atoms. The van der Waals surface area contributed by atoms with Crippen LogP contribution in [0.15, 0.2) is 48.5 Å². The molecule has 4 nitrogen and oxygen atoms in total. The normalized spacial score (nSPS) is 11.4. The Balaban J connectivity index is 1.93. The third kappa shape index (κ3) is 4.30. The number of nitrogens with zero attached hydrogens (tertiary/aromatic N) is 2. The van der Waals surface area contributed by atoms with Crippen LogP contribution in [0.3, 0.4) is 0 Å². The van der Waals surface area contributed by atoms with Crippen molar-refractivity contribution in [1.82, 2.24) is 4.90 Å². The molecule has 0 aliphatic rings. The summed E-state index contributed by atoms with van der Waals surface area (Å²) in [5, 5.41) is 8.73. The second kappa shape index (κ2) is 7.41. The fourth-order valence-corrected chi connectivity index (χ4v) is 2.05. The molecule has 118 valence electrons. The van der Waals surface area contributed by atoms with Crippen LogP contribution in [0.1, 0.15) is 24.1 Å². The Kier molecular flexibility index (Phi) is 5.32. The summed E-state index contributed by atoms with van der Waals surface area (Å²) in [6.07, 6.45) is 0. The van der Waals surface area contributed by atoms with E-state index in [0.717, 1.165) is 5.56 Å². The molecule has 2 aromatic carbocycles. The molecule has 0 radical (unpaired) electrons. The lowest BCUT2D eigenvalue weighted by atomic mass is 10.1. The molecule has 0 N–H and O–H groups in total. The summed E-state index contributed by atoms with van der Waals surface area (Å²) in [4.78, 5) is 13.7. The van der Waals surface area contributed by atoms with Crippen LogP contribution in [0.2, 0.25) is 0 Å². The first-order valence-corrected chi connectivity index (χ1v) is 7.15. The minimum absolute atomic E-state index is 0.103. The number of ether oxygens (including phenoxy) is 1. The Morgan fingerprint density at radius 1 is 1.22 bits per heavy atom. The van der Waals surface area contributed by atoms with E-state index in [4.69, 9.17) is 10.00 Å². The molecule has 2 aromatic rings. The number of likely N-dealkylation sites (N-methyl/N-ethyl adjacent to an activating group) is 1. The van der Waals surface area contributed by atoms with E-state index in [9.17, 15) is 9.18 Å². The first-order chi connectivity index (χ1) is 11.0. The van der Waals surface area contributed by atoms with Crippen molar-refractivity contribution in [3.05, 3.63) is 65.5 Å². The third-order valence-electron chi connectivity index (χ3n) is 3.67. The van der Waals surface area contributed by atoms with Gasteiger partial charge < -0.3 is 9.64 Å². The summed E-state index contributed by atoms with van der Waals surface area (Å²) in [5.74, 6) is 0.0328. The number of nitriles is 1. The number of carbonyl (C=O) groups excluding carboxylic acids is 1. The summed E-state index contributed by atoms with van der Waals surface area (Å²) < 4.78 is 18.4. The van der Waals surface area contributed by atoms with Gasteiger partial charge in [-0.2, -0.15) is 5.26 Å². The van der Waals surface area contributed by atoms with E-state index in [1.54, 1.807) is 48.3 Å². The van der Waals surface area contributed by atoms with Crippen molar-refractivity contribution in [3.63, 3.8) is 0 Å². The van der Waals surface area contributed by atoms with Crippen LogP contribution in [0, 0.1) is 17.1 Å². The topological polar surface area (TPSA) is 53.3 Å². The summed E-state index contributed by atoms with van der Waals surface area (Å²) in [6, 6.07) is 14.4. The number of rotatable bonds is 5. The van der Waals surface area contributed by atoms with Gasteiger partial charge in [0.25, 0.3) is 5.91 Å². The fourth-order valence-electron chi connectivity index (χ4n) is 2.05. The van der Waals surface area contributed by atoms with Gasteiger partial charge in [-0.15, -0.1) is 0 Å². The summed E-state index contributed by atoms with van der Waals surface area (Å²) >= 11 is 0. The van der Waals surface area contributed by atoms with Gasteiger partial charge in [0.05, 0.1) is 17.7 Å². The fraction of sp³-hybridized carbons (Fsp3) is 0.222. The van der Waals surface area contributed by atoms with Gasteiger partial charge in [-0.3, -0.25) is 4.79 Å². The summed E-state index contributed by atoms with van der Waals surface area (Å²) in [6.45, 7) is 1.76. The number of halogens is 1. The second-order valence-corrected chi connectivity index (χ2v) is 5.16. The average molecular weight is 312 g/mol. The van der Waals surface area contributed by atoms with Gasteiger partial charge in [0, 0.05) is 7.05 Å². The lowest BCUT2D eigenvalue weighted by molar-refractivity contribution is -0.134. The molecule has 0 spiro atoms. The largest absolute Gasteiger partial charge is 0.484 e.